The molecular weight excluding hydrogens is 380 g/mol. The van der Waals surface area contributed by atoms with Gasteiger partial charge in [-0.15, -0.1) is 34.0 Å². The predicted molar refractivity (Wildman–Crippen MR) is 102 cm³/mol. The Bertz CT molecular complexity index is 892. The van der Waals surface area contributed by atoms with Gasteiger partial charge in [0.2, 0.25) is 10.0 Å². The third kappa shape index (κ3) is 4.31. The van der Waals surface area contributed by atoms with Crippen LogP contribution >= 0.6 is 34.0 Å². The summed E-state index contributed by atoms with van der Waals surface area (Å²) in [5.41, 5.74) is 1.94. The molecule has 4 nitrogen and oxygen atoms in total. The van der Waals surface area contributed by atoms with Crippen LogP contribution in [0.25, 0.3) is 10.6 Å². The number of hydrogen-bond donors (Lipinski definition) is 1. The van der Waals surface area contributed by atoms with E-state index in [0.717, 1.165) is 27.6 Å². The molecule has 0 aliphatic rings. The van der Waals surface area contributed by atoms with E-state index in [2.05, 4.69) is 28.9 Å². The van der Waals surface area contributed by atoms with Crippen LogP contribution < -0.4 is 4.72 Å². The number of aromatic nitrogens is 1. The van der Waals surface area contributed by atoms with Crippen molar-refractivity contribution in [2.45, 2.75) is 31.0 Å². The highest BCUT2D eigenvalue weighted by Gasteiger charge is 2.18. The molecule has 3 rings (SSSR count). The van der Waals surface area contributed by atoms with E-state index in [9.17, 15) is 8.42 Å². The highest BCUT2D eigenvalue weighted by atomic mass is 32.2. The molecule has 0 saturated carbocycles. The van der Waals surface area contributed by atoms with Crippen molar-refractivity contribution < 1.29 is 8.42 Å². The zero-order valence-corrected chi connectivity index (χ0v) is 16.6. The first-order chi connectivity index (χ1) is 11.4. The number of nitrogens with zero attached hydrogens (tertiary/aromatic N) is 1. The van der Waals surface area contributed by atoms with Crippen LogP contribution in [0, 0.1) is 5.92 Å². The zero-order valence-electron chi connectivity index (χ0n) is 13.4. The number of thiophene rings is 2. The maximum Gasteiger partial charge on any atom is 0.250 e. The summed E-state index contributed by atoms with van der Waals surface area (Å²) in [6.45, 7) is 4.64. The van der Waals surface area contributed by atoms with Gasteiger partial charge in [-0.25, -0.2) is 18.1 Å². The lowest BCUT2D eigenvalue weighted by atomic mass is 10.1. The Kier molecular flexibility index (Phi) is 5.51. The normalized spacial score (nSPS) is 12.1. The average molecular weight is 399 g/mol. The molecule has 1 N–H and O–H groups in total. The highest BCUT2D eigenvalue weighted by Crippen LogP contribution is 2.31. The number of sulfonamides is 1. The Balaban J connectivity index is 1.73. The predicted octanol–water partition coefficient (Wildman–Crippen LogP) is 4.61. The molecule has 24 heavy (non-hydrogen) atoms. The first kappa shape index (κ1) is 17.8. The fourth-order valence-electron chi connectivity index (χ4n) is 2.17. The minimum absolute atomic E-state index is 0.322. The van der Waals surface area contributed by atoms with Gasteiger partial charge < -0.3 is 0 Å². The monoisotopic (exact) mass is 398 g/mol. The molecule has 0 aliphatic carbocycles. The molecule has 0 aromatic carbocycles. The van der Waals surface area contributed by atoms with Crippen molar-refractivity contribution in [3.63, 3.8) is 0 Å². The van der Waals surface area contributed by atoms with Crippen molar-refractivity contribution in [1.29, 1.82) is 0 Å². The molecule has 0 radical (unpaired) electrons. The first-order valence-electron chi connectivity index (χ1n) is 7.49. The molecule has 3 aromatic heterocycles. The summed E-state index contributed by atoms with van der Waals surface area (Å²) in [6, 6.07) is 5.53. The Labute approximate surface area is 154 Å². The van der Waals surface area contributed by atoms with Crippen molar-refractivity contribution in [3.8, 4) is 10.6 Å². The summed E-state index contributed by atoms with van der Waals surface area (Å²) in [6.07, 6.45) is 0.939. The van der Waals surface area contributed by atoms with E-state index >= 15 is 0 Å². The maximum atomic E-state index is 12.4. The first-order valence-corrected chi connectivity index (χ1v) is 11.6. The van der Waals surface area contributed by atoms with E-state index in [1.807, 2.05) is 22.9 Å². The van der Waals surface area contributed by atoms with E-state index in [0.29, 0.717) is 16.7 Å². The number of thiazole rings is 1. The topological polar surface area (TPSA) is 59.1 Å². The smallest absolute Gasteiger partial charge is 0.241 e. The molecule has 0 unspecified atom stereocenters. The van der Waals surface area contributed by atoms with Crippen LogP contribution in [0.2, 0.25) is 0 Å². The summed E-state index contributed by atoms with van der Waals surface area (Å²) < 4.78 is 27.8. The molecule has 0 aliphatic heterocycles. The van der Waals surface area contributed by atoms with Crippen molar-refractivity contribution in [1.82, 2.24) is 9.71 Å². The Morgan fingerprint density at radius 3 is 2.75 bits per heavy atom. The van der Waals surface area contributed by atoms with Crippen LogP contribution in [-0.2, 0) is 23.0 Å². The number of nitrogens with one attached hydrogen (secondary N) is 1. The van der Waals surface area contributed by atoms with Gasteiger partial charge in [0.1, 0.15) is 9.22 Å². The summed E-state index contributed by atoms with van der Waals surface area (Å²) in [7, 11) is -3.48. The quantitative estimate of drug-likeness (QED) is 0.632. The summed E-state index contributed by atoms with van der Waals surface area (Å²) in [5, 5.41) is 6.72. The average Bonchev–Trinajstić information content (AvgIpc) is 3.25. The van der Waals surface area contributed by atoms with Crippen LogP contribution in [0.15, 0.2) is 38.5 Å². The van der Waals surface area contributed by atoms with Gasteiger partial charge in [0, 0.05) is 27.7 Å². The third-order valence-corrected chi connectivity index (χ3v) is 7.93. The summed E-state index contributed by atoms with van der Waals surface area (Å²) in [5.74, 6) is 0.555. The fraction of sp³-hybridized carbons (Fsp3) is 0.312. The Morgan fingerprint density at radius 1 is 1.21 bits per heavy atom. The number of rotatable bonds is 7. The summed E-state index contributed by atoms with van der Waals surface area (Å²) in [4.78, 5) is 5.61. The largest absolute Gasteiger partial charge is 0.250 e. The molecule has 3 aromatic rings. The van der Waals surface area contributed by atoms with Crippen molar-refractivity contribution >= 4 is 44.0 Å². The summed E-state index contributed by atoms with van der Waals surface area (Å²) >= 11 is 4.33. The van der Waals surface area contributed by atoms with E-state index in [1.54, 1.807) is 17.4 Å². The molecule has 128 valence electrons. The molecule has 3 heterocycles. The molecule has 8 heteroatoms. The zero-order chi connectivity index (χ0) is 17.2. The Morgan fingerprint density at radius 2 is 2.04 bits per heavy atom. The molecule has 0 fully saturated rings. The molecular formula is C16H18N2O2S4. The van der Waals surface area contributed by atoms with Crippen molar-refractivity contribution in [3.05, 3.63) is 44.9 Å². The highest BCUT2D eigenvalue weighted by molar-refractivity contribution is 7.91. The van der Waals surface area contributed by atoms with Crippen LogP contribution in [0.4, 0.5) is 0 Å². The van der Waals surface area contributed by atoms with Gasteiger partial charge >= 0.3 is 0 Å². The van der Waals surface area contributed by atoms with Gasteiger partial charge in [0.15, 0.2) is 0 Å². The van der Waals surface area contributed by atoms with E-state index in [1.165, 1.54) is 22.7 Å². The van der Waals surface area contributed by atoms with Gasteiger partial charge in [-0.2, -0.15) is 0 Å². The second kappa shape index (κ2) is 7.45. The molecule has 0 saturated heterocycles. The van der Waals surface area contributed by atoms with Crippen molar-refractivity contribution in [2.75, 3.05) is 0 Å². The standard InChI is InChI=1S/C16H18N2O2S4/c1-11(2)6-13-10-23-16(18-13)12-7-15(22-9-12)24(19,20)17-8-14-4-3-5-21-14/h3-5,7,9-11,17H,6,8H2,1-2H3. The van der Waals surface area contributed by atoms with Gasteiger partial charge in [-0.05, 0) is 29.9 Å². The van der Waals surface area contributed by atoms with Gasteiger partial charge in [0.25, 0.3) is 0 Å². The van der Waals surface area contributed by atoms with Crippen LogP contribution in [0.5, 0.6) is 0 Å². The minimum Gasteiger partial charge on any atom is -0.241 e. The molecule has 0 bridgehead atoms. The Hall–Kier alpha value is -1.06. The molecule has 0 amide bonds. The lowest BCUT2D eigenvalue weighted by molar-refractivity contribution is 0.584. The number of hydrogen-bond acceptors (Lipinski definition) is 6. The minimum atomic E-state index is -3.48. The van der Waals surface area contributed by atoms with Crippen molar-refractivity contribution in [2.24, 2.45) is 5.92 Å². The van der Waals surface area contributed by atoms with Gasteiger partial charge in [0.05, 0.1) is 5.69 Å². The van der Waals surface area contributed by atoms with Crippen LogP contribution in [0.3, 0.4) is 0 Å². The molecule has 0 atom stereocenters. The van der Waals surface area contributed by atoms with E-state index in [4.69, 9.17) is 0 Å². The fourth-order valence-corrected chi connectivity index (χ4v) is 6.02. The molecule has 0 spiro atoms. The van der Waals surface area contributed by atoms with Crippen LogP contribution in [0.1, 0.15) is 24.4 Å². The SMILES string of the molecule is CC(C)Cc1csc(-c2csc(S(=O)(=O)NCc3cccs3)c2)n1. The van der Waals surface area contributed by atoms with E-state index in [-0.39, 0.29) is 0 Å². The van der Waals surface area contributed by atoms with Gasteiger partial charge in [-0.1, -0.05) is 19.9 Å². The maximum absolute atomic E-state index is 12.4. The third-order valence-electron chi connectivity index (χ3n) is 3.27. The second-order valence-electron chi connectivity index (χ2n) is 5.80. The lowest BCUT2D eigenvalue weighted by Crippen LogP contribution is -2.21. The van der Waals surface area contributed by atoms with Gasteiger partial charge in [-0.3, -0.25) is 0 Å². The second-order valence-corrected chi connectivity index (χ2v) is 10.6. The van der Waals surface area contributed by atoms with Crippen LogP contribution in [-0.4, -0.2) is 13.4 Å². The lowest BCUT2D eigenvalue weighted by Gasteiger charge is -2.02. The van der Waals surface area contributed by atoms with E-state index < -0.39 is 10.0 Å².